The van der Waals surface area contributed by atoms with E-state index in [0.717, 1.165) is 12.8 Å². The molecule has 0 aliphatic carbocycles. The van der Waals surface area contributed by atoms with E-state index in [1.54, 1.807) is 28.6 Å². The highest BCUT2D eigenvalue weighted by molar-refractivity contribution is 7.89. The van der Waals surface area contributed by atoms with Crippen LogP contribution < -0.4 is 4.74 Å². The van der Waals surface area contributed by atoms with E-state index >= 15 is 0 Å². The molecule has 9 nitrogen and oxygen atoms in total. The highest BCUT2D eigenvalue weighted by Crippen LogP contribution is 2.39. The summed E-state index contributed by atoms with van der Waals surface area (Å²) in [6.45, 7) is 7.09. The molecule has 1 aromatic carbocycles. The molecule has 1 saturated heterocycles. The van der Waals surface area contributed by atoms with Crippen LogP contribution in [-0.4, -0.2) is 99.1 Å². The third kappa shape index (κ3) is 7.81. The van der Waals surface area contributed by atoms with Gasteiger partial charge in [-0.3, -0.25) is 4.79 Å². The fraction of sp³-hybridized carbons (Fsp3) is 0.652. The van der Waals surface area contributed by atoms with Crippen LogP contribution in [0, 0.1) is 11.3 Å². The molecular formula is C23H34F3N3O6S. The molecule has 1 fully saturated rings. The second-order valence-electron chi connectivity index (χ2n) is 9.85. The van der Waals surface area contributed by atoms with E-state index in [1.807, 2.05) is 37.7 Å². The van der Waals surface area contributed by atoms with Crippen molar-refractivity contribution < 1.29 is 41.0 Å². The Hall–Kier alpha value is -2.38. The zero-order chi connectivity index (χ0) is 27.3. The predicted molar refractivity (Wildman–Crippen MR) is 126 cm³/mol. The largest absolute Gasteiger partial charge is 0.492 e. The summed E-state index contributed by atoms with van der Waals surface area (Å²) in [5.41, 5.74) is -0.287. The van der Waals surface area contributed by atoms with Crippen molar-refractivity contribution in [3.63, 3.8) is 0 Å². The molecule has 0 aromatic heterocycles. The number of alkyl halides is 3. The van der Waals surface area contributed by atoms with Gasteiger partial charge < -0.3 is 19.6 Å². The summed E-state index contributed by atoms with van der Waals surface area (Å²) in [5.74, 6) is -2.00. The first-order valence-corrected chi connectivity index (χ1v) is 13.0. The van der Waals surface area contributed by atoms with Crippen molar-refractivity contribution in [3.05, 3.63) is 24.3 Å². The van der Waals surface area contributed by atoms with Gasteiger partial charge in [-0.25, -0.2) is 13.2 Å². The molecule has 1 amide bonds. The van der Waals surface area contributed by atoms with Gasteiger partial charge in [0, 0.05) is 31.6 Å². The van der Waals surface area contributed by atoms with E-state index in [2.05, 4.69) is 0 Å². The number of carboxylic acids is 1. The Morgan fingerprint density at radius 2 is 1.72 bits per heavy atom. The third-order valence-corrected chi connectivity index (χ3v) is 7.80. The molecule has 2 aliphatic rings. The Kier molecular flexibility index (Phi) is 9.77. The molecule has 1 aromatic rings. The molecule has 2 heterocycles. The smallest absolute Gasteiger partial charge is 0.490 e. The maximum atomic E-state index is 13.4. The van der Waals surface area contributed by atoms with Crippen LogP contribution in [0.15, 0.2) is 29.2 Å². The number of carbonyl (C=O) groups is 2. The van der Waals surface area contributed by atoms with Gasteiger partial charge in [0.25, 0.3) is 0 Å². The predicted octanol–water partition coefficient (Wildman–Crippen LogP) is 2.53. The average molecular weight is 538 g/mol. The first-order valence-electron chi connectivity index (χ1n) is 11.5. The number of para-hydroxylation sites is 1. The summed E-state index contributed by atoms with van der Waals surface area (Å²) in [7, 11) is 0.136. The normalized spacial score (nSPS) is 19.5. The van der Waals surface area contributed by atoms with Gasteiger partial charge in [0.15, 0.2) is 0 Å². The highest BCUT2D eigenvalue weighted by Gasteiger charge is 2.43. The maximum absolute atomic E-state index is 13.4. The van der Waals surface area contributed by atoms with Crippen LogP contribution >= 0.6 is 0 Å². The molecule has 1 spiro atoms. The number of halogens is 3. The molecule has 1 N–H and O–H groups in total. The van der Waals surface area contributed by atoms with Gasteiger partial charge in [-0.15, -0.1) is 0 Å². The monoisotopic (exact) mass is 537 g/mol. The van der Waals surface area contributed by atoms with Crippen molar-refractivity contribution in [1.82, 2.24) is 14.1 Å². The molecule has 0 bridgehead atoms. The Balaban J connectivity index is 0.000000572. The summed E-state index contributed by atoms with van der Waals surface area (Å²) >= 11 is 0. The van der Waals surface area contributed by atoms with Crippen LogP contribution in [0.2, 0.25) is 0 Å². The lowest BCUT2D eigenvalue weighted by Crippen LogP contribution is -2.53. The van der Waals surface area contributed by atoms with Crippen molar-refractivity contribution in [2.75, 3.05) is 53.4 Å². The van der Waals surface area contributed by atoms with Gasteiger partial charge in [0.2, 0.25) is 15.9 Å². The topological polar surface area (TPSA) is 107 Å². The number of likely N-dealkylation sites (N-methyl/N-ethyl adjacent to an activating group) is 1. The number of nitrogens with zero attached hydrogens (tertiary/aromatic N) is 3. The number of amides is 1. The molecule has 2 aliphatic heterocycles. The zero-order valence-electron chi connectivity index (χ0n) is 20.9. The van der Waals surface area contributed by atoms with Crippen LogP contribution in [0.3, 0.4) is 0 Å². The molecule has 3 rings (SSSR count). The summed E-state index contributed by atoms with van der Waals surface area (Å²) < 4.78 is 66.2. The van der Waals surface area contributed by atoms with Gasteiger partial charge in [-0.05, 0) is 45.0 Å². The van der Waals surface area contributed by atoms with Crippen LogP contribution in [0.1, 0.15) is 26.7 Å². The lowest BCUT2D eigenvalue weighted by atomic mass is 9.78. The number of aliphatic carboxylic acids is 1. The zero-order valence-corrected chi connectivity index (χ0v) is 21.7. The van der Waals surface area contributed by atoms with E-state index in [-0.39, 0.29) is 22.1 Å². The molecule has 0 radical (unpaired) electrons. The van der Waals surface area contributed by atoms with Crippen LogP contribution in [0.25, 0.3) is 0 Å². The lowest BCUT2D eigenvalue weighted by Gasteiger charge is -2.45. The van der Waals surface area contributed by atoms with Crippen molar-refractivity contribution in [2.45, 2.75) is 37.8 Å². The van der Waals surface area contributed by atoms with Crippen molar-refractivity contribution in [1.29, 1.82) is 0 Å². The fourth-order valence-corrected chi connectivity index (χ4v) is 5.98. The van der Waals surface area contributed by atoms with E-state index in [0.29, 0.717) is 45.1 Å². The Bertz CT molecular complexity index is 1020. The number of likely N-dealkylation sites (tertiary alicyclic amines) is 1. The quantitative estimate of drug-likeness (QED) is 0.629. The summed E-state index contributed by atoms with van der Waals surface area (Å²) in [6, 6.07) is 6.89. The molecule has 36 heavy (non-hydrogen) atoms. The fourth-order valence-electron chi connectivity index (χ4n) is 4.13. The minimum atomic E-state index is -5.08. The Morgan fingerprint density at radius 1 is 1.17 bits per heavy atom. The number of hydrogen-bond donors (Lipinski definition) is 1. The SMILES string of the molecule is CC(C)CN1CC2(CCN(C(=O)CN(C)C)CC2)COc2ccccc2S1(=O)=O.O=C(O)C(F)(F)F. The first kappa shape index (κ1) is 29.8. The first-order chi connectivity index (χ1) is 16.6. The summed E-state index contributed by atoms with van der Waals surface area (Å²) in [5, 5.41) is 7.12. The minimum Gasteiger partial charge on any atom is -0.492 e. The van der Waals surface area contributed by atoms with Gasteiger partial charge in [-0.1, -0.05) is 26.0 Å². The van der Waals surface area contributed by atoms with Gasteiger partial charge >= 0.3 is 12.1 Å². The molecular weight excluding hydrogens is 503 g/mol. The van der Waals surface area contributed by atoms with Gasteiger partial charge in [0.05, 0.1) is 13.2 Å². The van der Waals surface area contributed by atoms with Crippen molar-refractivity contribution >= 4 is 21.9 Å². The number of piperidine rings is 1. The van der Waals surface area contributed by atoms with Crippen LogP contribution in [-0.2, 0) is 19.6 Å². The van der Waals surface area contributed by atoms with Crippen LogP contribution in [0.4, 0.5) is 13.2 Å². The number of sulfonamides is 1. The average Bonchev–Trinajstić information content (AvgIpc) is 2.76. The molecule has 13 heteroatoms. The molecule has 204 valence electrons. The lowest BCUT2D eigenvalue weighted by molar-refractivity contribution is -0.192. The number of benzene rings is 1. The van der Waals surface area contributed by atoms with E-state index in [4.69, 9.17) is 14.6 Å². The van der Waals surface area contributed by atoms with Crippen molar-refractivity contribution in [3.8, 4) is 5.75 Å². The standard InChI is InChI=1S/C21H33N3O4S.C2HF3O2/c1-17(2)13-24-15-21(9-11-23(12-10-21)20(25)14-22(3)4)16-28-18-7-5-6-8-19(18)29(24,26)27;3-2(4,5)1(6)7/h5-8,17H,9-16H2,1-4H3;(H,6,7). The Labute approximate surface area is 209 Å². The van der Waals surface area contributed by atoms with E-state index < -0.39 is 22.2 Å². The number of carbonyl (C=O) groups excluding carboxylic acids is 1. The summed E-state index contributed by atoms with van der Waals surface area (Å²) in [4.78, 5) is 25.3. The number of carboxylic acid groups (broad SMARTS) is 1. The minimum absolute atomic E-state index is 0.119. The van der Waals surface area contributed by atoms with Gasteiger partial charge in [0.1, 0.15) is 10.6 Å². The molecule has 0 saturated carbocycles. The second-order valence-corrected chi connectivity index (χ2v) is 11.8. The highest BCUT2D eigenvalue weighted by atomic mass is 32.2. The van der Waals surface area contributed by atoms with Crippen molar-refractivity contribution in [2.24, 2.45) is 11.3 Å². The number of hydrogen-bond acceptors (Lipinski definition) is 6. The number of rotatable bonds is 4. The van der Waals surface area contributed by atoms with E-state index in [9.17, 15) is 26.4 Å². The maximum Gasteiger partial charge on any atom is 0.490 e. The van der Waals surface area contributed by atoms with E-state index in [1.165, 1.54) is 0 Å². The van der Waals surface area contributed by atoms with Gasteiger partial charge in [-0.2, -0.15) is 17.5 Å². The molecule has 0 atom stereocenters. The Morgan fingerprint density at radius 3 is 2.22 bits per heavy atom. The second kappa shape index (κ2) is 11.8. The number of ether oxygens (including phenoxy) is 1. The summed E-state index contributed by atoms with van der Waals surface area (Å²) in [6.07, 6.45) is -3.61. The molecule has 0 unspecified atom stereocenters. The third-order valence-electron chi connectivity index (χ3n) is 5.95. The number of fused-ring (bicyclic) bond motifs is 1. The van der Waals surface area contributed by atoms with Crippen LogP contribution in [0.5, 0.6) is 5.75 Å².